The Morgan fingerprint density at radius 2 is 2.15 bits per heavy atom. The molecule has 0 aliphatic heterocycles. The largest absolute Gasteiger partial charge is 0.493 e. The number of aromatic hydroxyl groups is 1. The first-order valence-electron chi connectivity index (χ1n) is 7.42. The molecule has 0 bridgehead atoms. The first-order chi connectivity index (χ1) is 12.4. The molecule has 0 unspecified atom stereocenters. The average molecular weight is 357 g/mol. The molecule has 0 fully saturated rings. The number of azo groups is 1. The Hall–Kier alpha value is -3.58. The second kappa shape index (κ2) is 8.00. The van der Waals surface area contributed by atoms with Crippen LogP contribution < -0.4 is 5.56 Å². The molecular formula is C16H15N5O5. The molecule has 2 rings (SSSR count). The summed E-state index contributed by atoms with van der Waals surface area (Å²) < 4.78 is 5.86. The van der Waals surface area contributed by atoms with Gasteiger partial charge in [-0.15, -0.1) is 5.11 Å². The van der Waals surface area contributed by atoms with Crippen molar-refractivity contribution in [3.05, 3.63) is 55.9 Å². The number of non-ortho nitro benzene ring substituents is 1. The normalized spacial score (nSPS) is 10.8. The lowest BCUT2D eigenvalue weighted by atomic mass is 10.1. The second-order valence-electron chi connectivity index (χ2n) is 5.21. The molecule has 0 radical (unpaired) electrons. The van der Waals surface area contributed by atoms with Crippen molar-refractivity contribution in [2.45, 2.75) is 13.5 Å². The molecule has 2 aromatic rings. The van der Waals surface area contributed by atoms with Gasteiger partial charge in [-0.2, -0.15) is 10.4 Å². The summed E-state index contributed by atoms with van der Waals surface area (Å²) in [5.41, 5.74) is -0.717. The maximum absolute atomic E-state index is 12.6. The van der Waals surface area contributed by atoms with Crippen LogP contribution in [0.2, 0.25) is 0 Å². The Bertz CT molecular complexity index is 974. The van der Waals surface area contributed by atoms with Crippen LogP contribution in [-0.2, 0) is 11.3 Å². The maximum atomic E-state index is 12.6. The van der Waals surface area contributed by atoms with E-state index in [9.17, 15) is 25.3 Å². The fourth-order valence-electron chi connectivity index (χ4n) is 2.22. The molecule has 1 heterocycles. The Balaban J connectivity index is 2.55. The van der Waals surface area contributed by atoms with Gasteiger partial charge in [-0.05, 0) is 13.0 Å². The van der Waals surface area contributed by atoms with Crippen molar-refractivity contribution < 1.29 is 14.8 Å². The van der Waals surface area contributed by atoms with E-state index in [1.54, 1.807) is 0 Å². The number of hydrogen-bond donors (Lipinski definition) is 1. The number of nitro benzene ring substituents is 1. The molecule has 1 aromatic carbocycles. The Labute approximate surface area is 147 Å². The molecule has 134 valence electrons. The monoisotopic (exact) mass is 357 g/mol. The third kappa shape index (κ3) is 3.73. The first-order valence-corrected chi connectivity index (χ1v) is 7.42. The van der Waals surface area contributed by atoms with E-state index >= 15 is 0 Å². The molecule has 0 aliphatic carbocycles. The molecule has 0 saturated heterocycles. The van der Waals surface area contributed by atoms with Gasteiger partial charge in [0.25, 0.3) is 11.2 Å². The van der Waals surface area contributed by atoms with Crippen molar-refractivity contribution in [3.8, 4) is 11.9 Å². The zero-order valence-corrected chi connectivity index (χ0v) is 14.0. The number of aromatic nitrogens is 1. The molecule has 0 spiro atoms. The molecule has 0 aliphatic rings. The summed E-state index contributed by atoms with van der Waals surface area (Å²) >= 11 is 0. The second-order valence-corrected chi connectivity index (χ2v) is 5.21. The number of pyridine rings is 1. The molecule has 1 N–H and O–H groups in total. The van der Waals surface area contributed by atoms with Gasteiger partial charge >= 0.3 is 0 Å². The lowest BCUT2D eigenvalue weighted by Crippen LogP contribution is -2.23. The lowest BCUT2D eigenvalue weighted by Gasteiger charge is -2.12. The number of ether oxygens (including phenoxy) is 1. The van der Waals surface area contributed by atoms with E-state index in [4.69, 9.17) is 4.74 Å². The molecule has 0 amide bonds. The molecule has 0 saturated carbocycles. The third-order valence-electron chi connectivity index (χ3n) is 3.59. The molecule has 10 nitrogen and oxygen atoms in total. The smallest absolute Gasteiger partial charge is 0.281 e. The van der Waals surface area contributed by atoms with Crippen molar-refractivity contribution in [1.29, 1.82) is 5.26 Å². The van der Waals surface area contributed by atoms with E-state index in [1.807, 2.05) is 6.07 Å². The number of nitriles is 1. The van der Waals surface area contributed by atoms with E-state index in [0.29, 0.717) is 0 Å². The lowest BCUT2D eigenvalue weighted by molar-refractivity contribution is -0.384. The Morgan fingerprint density at radius 3 is 2.77 bits per heavy atom. The summed E-state index contributed by atoms with van der Waals surface area (Å²) in [6.07, 6.45) is 0. The van der Waals surface area contributed by atoms with Gasteiger partial charge in [-0.3, -0.25) is 19.5 Å². The van der Waals surface area contributed by atoms with Gasteiger partial charge < -0.3 is 9.84 Å². The number of nitrogens with zero attached hydrogens (tertiary/aromatic N) is 5. The van der Waals surface area contributed by atoms with Gasteiger partial charge in [-0.25, -0.2) is 0 Å². The van der Waals surface area contributed by atoms with Crippen molar-refractivity contribution in [2.75, 3.05) is 13.7 Å². The molecule has 1 aromatic heterocycles. The predicted molar refractivity (Wildman–Crippen MR) is 91.0 cm³/mol. The van der Waals surface area contributed by atoms with Crippen LogP contribution in [0, 0.1) is 28.4 Å². The summed E-state index contributed by atoms with van der Waals surface area (Å²) in [6.45, 7) is 1.63. The van der Waals surface area contributed by atoms with Crippen LogP contribution in [0.1, 0.15) is 11.1 Å². The topological polar surface area (TPSA) is 143 Å². The van der Waals surface area contributed by atoms with Crippen LogP contribution in [0.4, 0.5) is 17.1 Å². The zero-order valence-electron chi connectivity index (χ0n) is 14.0. The van der Waals surface area contributed by atoms with Gasteiger partial charge in [0, 0.05) is 24.8 Å². The summed E-state index contributed by atoms with van der Waals surface area (Å²) in [5.74, 6) is -0.471. The number of methoxy groups -OCH3 is 1. The number of benzene rings is 1. The number of nitro groups is 1. The quantitative estimate of drug-likeness (QED) is 0.478. The van der Waals surface area contributed by atoms with Crippen LogP contribution in [0.3, 0.4) is 0 Å². The van der Waals surface area contributed by atoms with Crippen LogP contribution in [-0.4, -0.2) is 28.3 Å². The van der Waals surface area contributed by atoms with Gasteiger partial charge in [0.15, 0.2) is 5.69 Å². The minimum absolute atomic E-state index is 0.0233. The predicted octanol–water partition coefficient (Wildman–Crippen LogP) is 2.70. The van der Waals surface area contributed by atoms with E-state index in [2.05, 4.69) is 10.2 Å². The first kappa shape index (κ1) is 18.8. The highest BCUT2D eigenvalue weighted by Gasteiger charge is 2.19. The van der Waals surface area contributed by atoms with Crippen LogP contribution in [0.25, 0.3) is 0 Å². The van der Waals surface area contributed by atoms with Gasteiger partial charge in [0.05, 0.1) is 23.8 Å². The van der Waals surface area contributed by atoms with Gasteiger partial charge in [0.1, 0.15) is 11.6 Å². The van der Waals surface area contributed by atoms with E-state index in [0.717, 1.165) is 4.57 Å². The highest BCUT2D eigenvalue weighted by atomic mass is 16.6. The van der Waals surface area contributed by atoms with Crippen molar-refractivity contribution in [2.24, 2.45) is 10.2 Å². The van der Waals surface area contributed by atoms with Gasteiger partial charge in [-0.1, -0.05) is 6.07 Å². The van der Waals surface area contributed by atoms with Gasteiger partial charge in [0.2, 0.25) is 5.88 Å². The van der Waals surface area contributed by atoms with E-state index in [-0.39, 0.29) is 41.3 Å². The number of hydrogen-bond acceptors (Lipinski definition) is 8. The Morgan fingerprint density at radius 1 is 1.42 bits per heavy atom. The minimum Gasteiger partial charge on any atom is -0.493 e. The number of rotatable bonds is 6. The third-order valence-corrected chi connectivity index (χ3v) is 3.59. The van der Waals surface area contributed by atoms with Crippen LogP contribution in [0.5, 0.6) is 5.88 Å². The fraction of sp³-hybridized carbons (Fsp3) is 0.250. The van der Waals surface area contributed by atoms with Crippen molar-refractivity contribution in [1.82, 2.24) is 4.57 Å². The SMILES string of the molecule is COCCn1c(O)c(C#N)c(C)c(N=Nc2cccc([N+](=O)[O-])c2)c1=O. The Kier molecular flexibility index (Phi) is 5.77. The molecule has 10 heteroatoms. The molecule has 26 heavy (non-hydrogen) atoms. The summed E-state index contributed by atoms with van der Waals surface area (Å²) in [7, 11) is 1.43. The summed E-state index contributed by atoms with van der Waals surface area (Å²) in [4.78, 5) is 22.8. The maximum Gasteiger partial charge on any atom is 0.281 e. The average Bonchev–Trinajstić information content (AvgIpc) is 2.62. The van der Waals surface area contributed by atoms with Crippen molar-refractivity contribution >= 4 is 17.1 Å². The fourth-order valence-corrected chi connectivity index (χ4v) is 2.22. The van der Waals surface area contributed by atoms with Crippen molar-refractivity contribution in [3.63, 3.8) is 0 Å². The van der Waals surface area contributed by atoms with Crippen LogP contribution in [0.15, 0.2) is 39.3 Å². The van der Waals surface area contributed by atoms with E-state index < -0.39 is 16.4 Å². The molecular weight excluding hydrogens is 342 g/mol. The summed E-state index contributed by atoms with van der Waals surface area (Å²) in [5, 5.41) is 37.9. The highest BCUT2D eigenvalue weighted by Crippen LogP contribution is 2.27. The summed E-state index contributed by atoms with van der Waals surface area (Å²) in [6, 6.07) is 7.26. The minimum atomic E-state index is -0.648. The van der Waals surface area contributed by atoms with E-state index in [1.165, 1.54) is 38.3 Å². The van der Waals surface area contributed by atoms with Crippen LogP contribution >= 0.6 is 0 Å². The highest BCUT2D eigenvalue weighted by molar-refractivity contribution is 5.57. The zero-order chi connectivity index (χ0) is 19.3. The molecule has 0 atom stereocenters. The standard InChI is InChI=1S/C16H15N5O5/c1-10-13(9-17)15(22)20(6-7-26-2)16(23)14(10)19-18-11-4-3-5-12(8-11)21(24)25/h3-5,8,22H,6-7H2,1-2H3.